The van der Waals surface area contributed by atoms with Gasteiger partial charge in [-0.1, -0.05) is 6.07 Å². The Labute approximate surface area is 160 Å². The molecule has 5 rings (SSSR count). The largest absolute Gasteiger partial charge is 0.467 e. The summed E-state index contributed by atoms with van der Waals surface area (Å²) in [5, 5.41) is -0.388. The molecule has 4 bridgehead atoms. The molecule has 4 aliphatic carbocycles. The minimum absolute atomic E-state index is 0.0394. The van der Waals surface area contributed by atoms with Crippen LogP contribution in [-0.4, -0.2) is 32.4 Å². The van der Waals surface area contributed by atoms with E-state index < -0.39 is 0 Å². The number of methoxy groups -OCH3 is 1. The first-order chi connectivity index (χ1) is 12.6. The number of hydrogen-bond donors (Lipinski definition) is 0. The fourth-order valence-electron chi connectivity index (χ4n) is 6.09. The highest BCUT2D eigenvalue weighted by molar-refractivity contribution is 6.68. The summed E-state index contributed by atoms with van der Waals surface area (Å²) in [4.78, 5) is 12.2. The van der Waals surface area contributed by atoms with Gasteiger partial charge in [0.15, 0.2) is 6.79 Å². The molecule has 5 heteroatoms. The molecule has 0 radical (unpaired) electrons. The predicted octanol–water partition coefficient (Wildman–Crippen LogP) is 4.53. The van der Waals surface area contributed by atoms with Gasteiger partial charge in [-0.2, -0.15) is 0 Å². The van der Waals surface area contributed by atoms with Crippen LogP contribution in [0.2, 0.25) is 0 Å². The van der Waals surface area contributed by atoms with Crippen LogP contribution in [0.5, 0.6) is 5.75 Å². The maximum absolute atomic E-state index is 12.2. The summed E-state index contributed by atoms with van der Waals surface area (Å²) in [5.74, 6) is 3.11. The third-order valence-electron chi connectivity index (χ3n) is 6.54. The van der Waals surface area contributed by atoms with Crippen molar-refractivity contribution in [2.45, 2.75) is 43.9 Å². The summed E-state index contributed by atoms with van der Waals surface area (Å²) in [7, 11) is 1.64. The molecule has 4 nitrogen and oxygen atoms in total. The summed E-state index contributed by atoms with van der Waals surface area (Å²) < 4.78 is 16.5. The minimum atomic E-state index is -0.388. The van der Waals surface area contributed by atoms with Gasteiger partial charge in [-0.25, -0.2) is 0 Å². The predicted molar refractivity (Wildman–Crippen MR) is 99.8 cm³/mol. The summed E-state index contributed by atoms with van der Waals surface area (Å²) in [6.45, 7) is 1.17. The summed E-state index contributed by atoms with van der Waals surface area (Å²) in [6.07, 6.45) is 7.52. The van der Waals surface area contributed by atoms with E-state index in [0.29, 0.717) is 18.8 Å². The van der Waals surface area contributed by atoms with Gasteiger partial charge in [0, 0.05) is 23.7 Å². The van der Waals surface area contributed by atoms with Gasteiger partial charge in [0.1, 0.15) is 5.75 Å². The Kier molecular flexibility index (Phi) is 5.27. The Morgan fingerprint density at radius 2 is 1.77 bits per heavy atom. The van der Waals surface area contributed by atoms with Crippen LogP contribution >= 0.6 is 11.6 Å². The molecule has 0 atom stereocenters. The molecule has 4 saturated carbocycles. The van der Waals surface area contributed by atoms with Gasteiger partial charge in [0.05, 0.1) is 13.2 Å². The smallest absolute Gasteiger partial charge is 0.252 e. The van der Waals surface area contributed by atoms with Crippen molar-refractivity contribution in [3.8, 4) is 5.75 Å². The van der Waals surface area contributed by atoms with E-state index in [9.17, 15) is 4.79 Å². The Bertz CT molecular complexity index is 637. The molecule has 0 unspecified atom stereocenters. The van der Waals surface area contributed by atoms with E-state index in [1.807, 2.05) is 18.2 Å². The normalized spacial score (nSPS) is 32.0. The Morgan fingerprint density at radius 1 is 1.12 bits per heavy atom. The number of ether oxygens (including phenoxy) is 3. The molecule has 4 aliphatic rings. The maximum atomic E-state index is 12.2. The Morgan fingerprint density at radius 3 is 2.35 bits per heavy atom. The highest BCUT2D eigenvalue weighted by atomic mass is 35.5. The van der Waals surface area contributed by atoms with E-state index in [1.54, 1.807) is 7.11 Å². The monoisotopic (exact) mass is 378 g/mol. The second-order valence-electron chi connectivity index (χ2n) is 8.31. The molecule has 0 spiro atoms. The van der Waals surface area contributed by atoms with Crippen molar-refractivity contribution in [2.24, 2.45) is 17.8 Å². The Hall–Kier alpha value is -1.10. The first kappa shape index (κ1) is 18.3. The highest BCUT2D eigenvalue weighted by Crippen LogP contribution is 2.62. The molecule has 0 amide bonds. The highest BCUT2D eigenvalue weighted by Gasteiger charge is 2.53. The van der Waals surface area contributed by atoms with E-state index in [2.05, 4.69) is 0 Å². The lowest BCUT2D eigenvalue weighted by atomic mass is 9.47. The fraction of sp³-hybridized carbons (Fsp3) is 0.667. The molecule has 26 heavy (non-hydrogen) atoms. The summed E-state index contributed by atoms with van der Waals surface area (Å²) in [6, 6.07) is 5.66. The zero-order chi connectivity index (χ0) is 18.1. The standard InChI is InChI=1S/C21H27ClO4/c1-24-5-6-25-13-26-18-4-2-3-17(20(22)23)19(18)21-10-14-7-15(11-21)9-16(8-14)12-21/h2-4,14-16H,5-13H2,1H3. The topological polar surface area (TPSA) is 44.8 Å². The molecule has 4 fully saturated rings. The number of carbonyl (C=O) groups excluding carboxylic acids is 1. The van der Waals surface area contributed by atoms with E-state index in [-0.39, 0.29) is 17.5 Å². The van der Waals surface area contributed by atoms with Crippen LogP contribution in [0.4, 0.5) is 0 Å². The van der Waals surface area contributed by atoms with Gasteiger partial charge in [0.2, 0.25) is 0 Å². The van der Waals surface area contributed by atoms with Crippen molar-refractivity contribution in [1.82, 2.24) is 0 Å². The molecule has 0 N–H and O–H groups in total. The zero-order valence-electron chi connectivity index (χ0n) is 15.3. The molecule has 1 aromatic carbocycles. The number of halogens is 1. The van der Waals surface area contributed by atoms with Crippen LogP contribution in [0, 0.1) is 17.8 Å². The van der Waals surface area contributed by atoms with E-state index >= 15 is 0 Å². The zero-order valence-corrected chi connectivity index (χ0v) is 16.1. The number of hydrogen-bond acceptors (Lipinski definition) is 4. The van der Waals surface area contributed by atoms with E-state index in [4.69, 9.17) is 25.8 Å². The van der Waals surface area contributed by atoms with Gasteiger partial charge in [-0.15, -0.1) is 0 Å². The van der Waals surface area contributed by atoms with Crippen LogP contribution < -0.4 is 4.74 Å². The van der Waals surface area contributed by atoms with Crippen LogP contribution in [0.3, 0.4) is 0 Å². The second-order valence-corrected chi connectivity index (χ2v) is 8.66. The minimum Gasteiger partial charge on any atom is -0.467 e. The van der Waals surface area contributed by atoms with Crippen molar-refractivity contribution in [1.29, 1.82) is 0 Å². The lowest BCUT2D eigenvalue weighted by Gasteiger charge is -2.57. The average molecular weight is 379 g/mol. The molecular weight excluding hydrogens is 352 g/mol. The lowest BCUT2D eigenvalue weighted by molar-refractivity contribution is -0.0191. The van der Waals surface area contributed by atoms with Crippen molar-refractivity contribution in [2.75, 3.05) is 27.1 Å². The molecular formula is C21H27ClO4. The second kappa shape index (κ2) is 7.49. The summed E-state index contributed by atoms with van der Waals surface area (Å²) >= 11 is 5.98. The number of benzene rings is 1. The van der Waals surface area contributed by atoms with Crippen molar-refractivity contribution < 1.29 is 19.0 Å². The molecule has 0 aromatic heterocycles. The van der Waals surface area contributed by atoms with E-state index in [0.717, 1.165) is 48.3 Å². The number of carbonyl (C=O) groups is 1. The average Bonchev–Trinajstić information content (AvgIpc) is 2.60. The van der Waals surface area contributed by atoms with Gasteiger partial charge < -0.3 is 14.2 Å². The van der Waals surface area contributed by atoms with Crippen LogP contribution in [-0.2, 0) is 14.9 Å². The quantitative estimate of drug-likeness (QED) is 0.378. The van der Waals surface area contributed by atoms with Crippen LogP contribution in [0.1, 0.15) is 54.4 Å². The molecule has 1 aromatic rings. The third-order valence-corrected chi connectivity index (χ3v) is 6.74. The molecule has 0 aliphatic heterocycles. The van der Waals surface area contributed by atoms with E-state index in [1.165, 1.54) is 19.3 Å². The van der Waals surface area contributed by atoms with Crippen molar-refractivity contribution in [3.05, 3.63) is 29.3 Å². The van der Waals surface area contributed by atoms with Crippen LogP contribution in [0.15, 0.2) is 18.2 Å². The summed E-state index contributed by atoms with van der Waals surface area (Å²) in [5.41, 5.74) is 1.69. The van der Waals surface area contributed by atoms with Gasteiger partial charge in [0.25, 0.3) is 5.24 Å². The van der Waals surface area contributed by atoms with Gasteiger partial charge in [-0.3, -0.25) is 4.79 Å². The van der Waals surface area contributed by atoms with Crippen molar-refractivity contribution in [3.63, 3.8) is 0 Å². The van der Waals surface area contributed by atoms with Crippen molar-refractivity contribution >= 4 is 16.8 Å². The van der Waals surface area contributed by atoms with Gasteiger partial charge >= 0.3 is 0 Å². The van der Waals surface area contributed by atoms with Crippen LogP contribution in [0.25, 0.3) is 0 Å². The molecule has 0 saturated heterocycles. The lowest BCUT2D eigenvalue weighted by Crippen LogP contribution is -2.49. The maximum Gasteiger partial charge on any atom is 0.252 e. The first-order valence-electron chi connectivity index (χ1n) is 9.64. The Balaban J connectivity index is 1.64. The fourth-order valence-corrected chi connectivity index (χ4v) is 6.24. The number of rotatable bonds is 8. The SMILES string of the molecule is COCCOCOc1cccc(C(=O)Cl)c1C12CC3CC(CC(C3)C1)C2. The first-order valence-corrected chi connectivity index (χ1v) is 10.0. The molecule has 0 heterocycles. The molecule has 142 valence electrons. The third kappa shape index (κ3) is 3.39. The van der Waals surface area contributed by atoms with Gasteiger partial charge in [-0.05, 0) is 80.0 Å².